The van der Waals surface area contributed by atoms with E-state index in [1.807, 2.05) is 6.07 Å². The maximum absolute atomic E-state index is 11.6. The lowest BCUT2D eigenvalue weighted by molar-refractivity contribution is 0.398. The second kappa shape index (κ2) is 4.11. The smallest absolute Gasteiger partial charge is 0.298 e. The molecule has 1 atom stereocenters. The number of ether oxygens (including phenoxy) is 1. The molecule has 0 aliphatic rings. The molecule has 14 heavy (non-hydrogen) atoms. The van der Waals surface area contributed by atoms with Gasteiger partial charge in [0.25, 0.3) is 5.56 Å². The highest BCUT2D eigenvalue weighted by atomic mass is 35.5. The van der Waals surface area contributed by atoms with Gasteiger partial charge in [0, 0.05) is 0 Å². The first-order chi connectivity index (χ1) is 6.61. The molecule has 1 unspecified atom stereocenters. The molecule has 0 radical (unpaired) electrons. The van der Waals surface area contributed by atoms with Gasteiger partial charge in [0.05, 0.1) is 13.2 Å². The standard InChI is InChI=1S/C8H8ClN3O2/c1-5(3-10)12-4-11-7(9)6(14-2)8(12)13/h4-5H,1-2H3. The molecule has 0 N–H and O–H groups in total. The predicted octanol–water partition coefficient (Wildman–Crippen LogP) is 0.990. The molecule has 74 valence electrons. The molecule has 0 aliphatic heterocycles. The number of aromatic nitrogens is 2. The molecule has 0 aromatic carbocycles. The van der Waals surface area contributed by atoms with Crippen molar-refractivity contribution in [1.29, 1.82) is 5.26 Å². The van der Waals surface area contributed by atoms with Gasteiger partial charge in [-0.2, -0.15) is 5.26 Å². The van der Waals surface area contributed by atoms with Crippen LogP contribution in [0, 0.1) is 11.3 Å². The molecule has 0 aliphatic carbocycles. The van der Waals surface area contributed by atoms with E-state index in [1.54, 1.807) is 6.92 Å². The summed E-state index contributed by atoms with van der Waals surface area (Å²) in [4.78, 5) is 15.3. The highest BCUT2D eigenvalue weighted by Gasteiger charge is 2.13. The molecule has 1 aromatic rings. The topological polar surface area (TPSA) is 67.9 Å². The molecule has 1 heterocycles. The van der Waals surface area contributed by atoms with E-state index in [1.165, 1.54) is 13.4 Å². The van der Waals surface area contributed by atoms with Crippen LogP contribution in [0.25, 0.3) is 0 Å². The van der Waals surface area contributed by atoms with Crippen LogP contribution in [-0.4, -0.2) is 16.7 Å². The summed E-state index contributed by atoms with van der Waals surface area (Å²) in [7, 11) is 1.33. The van der Waals surface area contributed by atoms with E-state index < -0.39 is 11.6 Å². The van der Waals surface area contributed by atoms with Gasteiger partial charge in [0.2, 0.25) is 5.75 Å². The number of halogens is 1. The fourth-order valence-corrected chi connectivity index (χ4v) is 1.14. The molecular weight excluding hydrogens is 206 g/mol. The molecule has 6 heteroatoms. The van der Waals surface area contributed by atoms with Gasteiger partial charge in [-0.25, -0.2) is 4.98 Å². The fourth-order valence-electron chi connectivity index (χ4n) is 0.939. The normalized spacial score (nSPS) is 11.9. The maximum atomic E-state index is 11.6. The van der Waals surface area contributed by atoms with Crippen LogP contribution in [0.15, 0.2) is 11.1 Å². The average Bonchev–Trinajstić information content (AvgIpc) is 2.18. The Morgan fingerprint density at radius 3 is 2.93 bits per heavy atom. The summed E-state index contributed by atoms with van der Waals surface area (Å²) in [5.41, 5.74) is -0.457. The fraction of sp³-hybridized carbons (Fsp3) is 0.375. The van der Waals surface area contributed by atoms with Crippen molar-refractivity contribution in [3.05, 3.63) is 21.8 Å². The number of hydrogen-bond donors (Lipinski definition) is 0. The van der Waals surface area contributed by atoms with Crippen molar-refractivity contribution in [2.45, 2.75) is 13.0 Å². The maximum Gasteiger partial charge on any atom is 0.298 e. The first kappa shape index (κ1) is 10.5. The Hall–Kier alpha value is -1.54. The van der Waals surface area contributed by atoms with E-state index >= 15 is 0 Å². The van der Waals surface area contributed by atoms with Crippen molar-refractivity contribution >= 4 is 11.6 Å². The van der Waals surface area contributed by atoms with Crippen LogP contribution in [-0.2, 0) is 0 Å². The quantitative estimate of drug-likeness (QED) is 0.687. The van der Waals surface area contributed by atoms with Crippen molar-refractivity contribution in [3.8, 4) is 11.8 Å². The zero-order chi connectivity index (χ0) is 10.7. The number of nitrogens with zero attached hydrogens (tertiary/aromatic N) is 3. The lowest BCUT2D eigenvalue weighted by atomic mass is 10.4. The van der Waals surface area contributed by atoms with E-state index in [2.05, 4.69) is 4.98 Å². The monoisotopic (exact) mass is 213 g/mol. The van der Waals surface area contributed by atoms with Crippen molar-refractivity contribution in [2.75, 3.05) is 7.11 Å². The number of methoxy groups -OCH3 is 1. The Morgan fingerprint density at radius 2 is 2.43 bits per heavy atom. The molecule has 0 bridgehead atoms. The van der Waals surface area contributed by atoms with Crippen LogP contribution in [0.3, 0.4) is 0 Å². The summed E-state index contributed by atoms with van der Waals surface area (Å²) >= 11 is 5.62. The van der Waals surface area contributed by atoms with Crippen LogP contribution in [0.2, 0.25) is 5.15 Å². The zero-order valence-corrected chi connectivity index (χ0v) is 8.45. The predicted molar refractivity (Wildman–Crippen MR) is 50.4 cm³/mol. The van der Waals surface area contributed by atoms with Gasteiger partial charge in [-0.3, -0.25) is 9.36 Å². The lowest BCUT2D eigenvalue weighted by Gasteiger charge is -2.08. The van der Waals surface area contributed by atoms with Crippen molar-refractivity contribution < 1.29 is 4.74 Å². The minimum atomic E-state index is -0.596. The Labute approximate surface area is 85.5 Å². The molecule has 5 nitrogen and oxygen atoms in total. The van der Waals surface area contributed by atoms with Gasteiger partial charge in [0.15, 0.2) is 5.15 Å². The summed E-state index contributed by atoms with van der Waals surface area (Å²) in [5.74, 6) is -0.0451. The van der Waals surface area contributed by atoms with Crippen molar-refractivity contribution in [1.82, 2.24) is 9.55 Å². The Bertz CT molecular complexity index is 435. The van der Waals surface area contributed by atoms with Crippen LogP contribution >= 0.6 is 11.6 Å². The zero-order valence-electron chi connectivity index (χ0n) is 7.69. The van der Waals surface area contributed by atoms with Crippen molar-refractivity contribution in [3.63, 3.8) is 0 Å². The van der Waals surface area contributed by atoms with Gasteiger partial charge in [-0.1, -0.05) is 11.6 Å². The largest absolute Gasteiger partial charge is 0.489 e. The molecule has 0 saturated heterocycles. The summed E-state index contributed by atoms with van der Waals surface area (Å²) in [5, 5.41) is 8.63. The highest BCUT2D eigenvalue weighted by molar-refractivity contribution is 6.30. The molecule has 1 rings (SSSR count). The SMILES string of the molecule is COc1c(Cl)ncn(C(C)C#N)c1=O. The van der Waals surface area contributed by atoms with Crippen molar-refractivity contribution in [2.24, 2.45) is 0 Å². The van der Waals surface area contributed by atoms with E-state index in [0.29, 0.717) is 0 Å². The number of hydrogen-bond acceptors (Lipinski definition) is 4. The first-order valence-corrected chi connectivity index (χ1v) is 4.19. The van der Waals surface area contributed by atoms with Gasteiger partial charge in [0.1, 0.15) is 12.4 Å². The van der Waals surface area contributed by atoms with Crippen LogP contribution in [0.5, 0.6) is 5.75 Å². The molecule has 0 saturated carbocycles. The lowest BCUT2D eigenvalue weighted by Crippen LogP contribution is -2.24. The summed E-state index contributed by atoms with van der Waals surface area (Å²) in [6.07, 6.45) is 1.22. The number of nitriles is 1. The number of rotatable bonds is 2. The minimum Gasteiger partial charge on any atom is -0.489 e. The van der Waals surface area contributed by atoms with E-state index in [9.17, 15) is 4.79 Å². The first-order valence-electron chi connectivity index (χ1n) is 3.82. The molecule has 0 amide bonds. The van der Waals surface area contributed by atoms with Crippen LogP contribution in [0.4, 0.5) is 0 Å². The summed E-state index contributed by atoms with van der Waals surface area (Å²) in [6.45, 7) is 1.58. The highest BCUT2D eigenvalue weighted by Crippen LogP contribution is 2.15. The summed E-state index contributed by atoms with van der Waals surface area (Å²) < 4.78 is 5.93. The Kier molecular flexibility index (Phi) is 3.10. The molecule has 0 fully saturated rings. The van der Waals surface area contributed by atoms with Gasteiger partial charge < -0.3 is 4.74 Å². The van der Waals surface area contributed by atoms with E-state index in [-0.39, 0.29) is 10.9 Å². The van der Waals surface area contributed by atoms with Gasteiger partial charge in [-0.15, -0.1) is 0 Å². The van der Waals surface area contributed by atoms with Gasteiger partial charge in [-0.05, 0) is 6.92 Å². The van der Waals surface area contributed by atoms with Crippen LogP contribution in [0.1, 0.15) is 13.0 Å². The second-order valence-corrected chi connectivity index (χ2v) is 2.94. The molecular formula is C8H8ClN3O2. The Morgan fingerprint density at radius 1 is 1.79 bits per heavy atom. The summed E-state index contributed by atoms with van der Waals surface area (Å²) in [6, 6.07) is 1.32. The van der Waals surface area contributed by atoms with E-state index in [0.717, 1.165) is 4.57 Å². The van der Waals surface area contributed by atoms with Gasteiger partial charge >= 0.3 is 0 Å². The Balaban J connectivity index is 3.38. The third kappa shape index (κ3) is 1.70. The molecule has 0 spiro atoms. The second-order valence-electron chi connectivity index (χ2n) is 2.59. The molecule has 1 aromatic heterocycles. The minimum absolute atomic E-state index is 0.00103. The van der Waals surface area contributed by atoms with E-state index in [4.69, 9.17) is 21.6 Å². The third-order valence-electron chi connectivity index (χ3n) is 1.72. The average molecular weight is 214 g/mol. The third-order valence-corrected chi connectivity index (χ3v) is 1.99. The van der Waals surface area contributed by atoms with Crippen LogP contribution < -0.4 is 10.3 Å².